The predicted octanol–water partition coefficient (Wildman–Crippen LogP) is 1.78. The first-order valence-corrected chi connectivity index (χ1v) is 6.12. The minimum absolute atomic E-state index is 0.0272. The zero-order valence-electron chi connectivity index (χ0n) is 10.3. The molecule has 0 amide bonds. The van der Waals surface area contributed by atoms with Gasteiger partial charge in [0, 0.05) is 32.1 Å². The lowest BCUT2D eigenvalue weighted by Crippen LogP contribution is -2.27. The van der Waals surface area contributed by atoms with E-state index >= 15 is 0 Å². The van der Waals surface area contributed by atoms with E-state index in [1.54, 1.807) is 0 Å². The van der Waals surface area contributed by atoms with Crippen LogP contribution in [0, 0.1) is 5.92 Å². The Hall–Kier alpha value is -1.51. The molecule has 1 fully saturated rings. The summed E-state index contributed by atoms with van der Waals surface area (Å²) in [5.74, 6) is 0.369. The van der Waals surface area contributed by atoms with Crippen molar-refractivity contribution in [3.63, 3.8) is 0 Å². The summed E-state index contributed by atoms with van der Waals surface area (Å²) in [6.07, 6.45) is 2.59. The summed E-state index contributed by atoms with van der Waals surface area (Å²) in [6, 6.07) is 6.55. The molecular weight excluding hydrogens is 214 g/mol. The van der Waals surface area contributed by atoms with E-state index in [-0.39, 0.29) is 12.1 Å². The lowest BCUT2D eigenvalue weighted by Gasteiger charge is -2.27. The molecule has 1 aliphatic carbocycles. The fourth-order valence-electron chi connectivity index (χ4n) is 2.85. The van der Waals surface area contributed by atoms with E-state index in [2.05, 4.69) is 37.2 Å². The molecule has 17 heavy (non-hydrogen) atoms. The van der Waals surface area contributed by atoms with Crippen molar-refractivity contribution in [2.75, 3.05) is 19.0 Å². The molecule has 0 saturated carbocycles. The zero-order valence-corrected chi connectivity index (χ0v) is 10.3. The molecule has 0 unspecified atom stereocenters. The maximum absolute atomic E-state index is 11.3. The minimum Gasteiger partial charge on any atom is -0.462 e. The van der Waals surface area contributed by atoms with Crippen LogP contribution in [0.25, 0.3) is 0 Å². The van der Waals surface area contributed by atoms with Crippen molar-refractivity contribution < 1.29 is 9.53 Å². The van der Waals surface area contributed by atoms with Crippen molar-refractivity contribution in [2.24, 2.45) is 5.92 Å². The van der Waals surface area contributed by atoms with E-state index < -0.39 is 0 Å². The van der Waals surface area contributed by atoms with Gasteiger partial charge in [0.2, 0.25) is 0 Å². The second-order valence-corrected chi connectivity index (χ2v) is 5.25. The predicted molar refractivity (Wildman–Crippen MR) is 66.2 cm³/mol. The van der Waals surface area contributed by atoms with Crippen LogP contribution in [0.3, 0.4) is 0 Å². The molecule has 90 valence electrons. The first-order chi connectivity index (χ1) is 8.13. The maximum atomic E-state index is 11.3. The third-order valence-corrected chi connectivity index (χ3v) is 3.85. The zero-order chi connectivity index (χ0) is 12.0. The van der Waals surface area contributed by atoms with Crippen LogP contribution in [0.15, 0.2) is 18.2 Å². The van der Waals surface area contributed by atoms with Crippen LogP contribution in [-0.4, -0.2) is 26.2 Å². The number of hydrogen-bond donors (Lipinski definition) is 0. The van der Waals surface area contributed by atoms with E-state index in [0.717, 1.165) is 12.8 Å². The van der Waals surface area contributed by atoms with Crippen LogP contribution in [0.1, 0.15) is 17.5 Å². The summed E-state index contributed by atoms with van der Waals surface area (Å²) in [5.41, 5.74) is 3.95. The number of nitrogens with zero attached hydrogens (tertiary/aromatic N) is 1. The Morgan fingerprint density at radius 1 is 1.18 bits per heavy atom. The van der Waals surface area contributed by atoms with E-state index in [4.69, 9.17) is 4.74 Å². The molecule has 3 nitrogen and oxygen atoms in total. The van der Waals surface area contributed by atoms with Crippen molar-refractivity contribution in [2.45, 2.75) is 25.4 Å². The number of carbonyl (C=O) groups is 1. The first-order valence-electron chi connectivity index (χ1n) is 6.12. The number of ether oxygens (including phenoxy) is 1. The van der Waals surface area contributed by atoms with Crippen LogP contribution in [0.5, 0.6) is 0 Å². The molecule has 0 N–H and O–H groups in total. The third kappa shape index (κ3) is 1.79. The molecule has 0 aromatic heterocycles. The van der Waals surface area contributed by atoms with Gasteiger partial charge in [0.05, 0.1) is 6.42 Å². The van der Waals surface area contributed by atoms with E-state index in [9.17, 15) is 4.79 Å². The molecule has 3 heteroatoms. The van der Waals surface area contributed by atoms with Gasteiger partial charge in [-0.15, -0.1) is 0 Å². The molecule has 0 bridgehead atoms. The summed E-state index contributed by atoms with van der Waals surface area (Å²) in [4.78, 5) is 13.4. The van der Waals surface area contributed by atoms with Gasteiger partial charge in [0.15, 0.2) is 0 Å². The number of carbonyl (C=O) groups excluding carboxylic acids is 1. The Morgan fingerprint density at radius 3 is 2.76 bits per heavy atom. The average Bonchev–Trinajstić information content (AvgIpc) is 2.63. The Morgan fingerprint density at radius 2 is 2.00 bits per heavy atom. The number of fused-ring (bicyclic) bond motifs is 2. The van der Waals surface area contributed by atoms with Crippen molar-refractivity contribution >= 4 is 11.7 Å². The summed E-state index contributed by atoms with van der Waals surface area (Å²) in [7, 11) is 4.10. The number of esters is 1. The number of hydrogen-bond acceptors (Lipinski definition) is 3. The Balaban J connectivity index is 1.92. The third-order valence-electron chi connectivity index (χ3n) is 3.85. The van der Waals surface area contributed by atoms with E-state index in [1.165, 1.54) is 16.8 Å². The van der Waals surface area contributed by atoms with Gasteiger partial charge in [0.1, 0.15) is 6.10 Å². The molecule has 0 spiro atoms. The number of rotatable bonds is 1. The van der Waals surface area contributed by atoms with Crippen molar-refractivity contribution in [1.29, 1.82) is 0 Å². The van der Waals surface area contributed by atoms with Crippen LogP contribution in [-0.2, 0) is 22.4 Å². The molecule has 3 rings (SSSR count). The van der Waals surface area contributed by atoms with Gasteiger partial charge in [-0.3, -0.25) is 4.79 Å². The topological polar surface area (TPSA) is 29.5 Å². The van der Waals surface area contributed by atoms with Gasteiger partial charge in [-0.25, -0.2) is 0 Å². The highest BCUT2D eigenvalue weighted by Gasteiger charge is 2.38. The molecule has 2 aliphatic rings. The molecule has 2 atom stereocenters. The average molecular weight is 231 g/mol. The molecule has 0 radical (unpaired) electrons. The van der Waals surface area contributed by atoms with E-state index in [0.29, 0.717) is 12.3 Å². The van der Waals surface area contributed by atoms with E-state index in [1.807, 2.05) is 0 Å². The van der Waals surface area contributed by atoms with Gasteiger partial charge in [0.25, 0.3) is 0 Å². The highest BCUT2D eigenvalue weighted by atomic mass is 16.5. The Bertz CT molecular complexity index is 467. The molecule has 1 aliphatic heterocycles. The second-order valence-electron chi connectivity index (χ2n) is 5.25. The lowest BCUT2D eigenvalue weighted by atomic mass is 9.81. The van der Waals surface area contributed by atoms with Crippen LogP contribution in [0.2, 0.25) is 0 Å². The molecule has 1 heterocycles. The van der Waals surface area contributed by atoms with Crippen LogP contribution >= 0.6 is 0 Å². The summed E-state index contributed by atoms with van der Waals surface area (Å²) in [5, 5.41) is 0. The normalized spacial score (nSPS) is 26.1. The van der Waals surface area contributed by atoms with Crippen LogP contribution < -0.4 is 4.90 Å². The smallest absolute Gasteiger partial charge is 0.306 e. The lowest BCUT2D eigenvalue weighted by molar-refractivity contribution is -0.141. The first kappa shape index (κ1) is 10.6. The quantitative estimate of drug-likeness (QED) is 0.690. The molecule has 1 aromatic rings. The van der Waals surface area contributed by atoms with Gasteiger partial charge in [-0.1, -0.05) is 6.07 Å². The monoisotopic (exact) mass is 231 g/mol. The highest BCUT2D eigenvalue weighted by Crippen LogP contribution is 2.35. The minimum atomic E-state index is -0.0272. The number of anilines is 1. The van der Waals surface area contributed by atoms with Crippen molar-refractivity contribution in [1.82, 2.24) is 0 Å². The molecule has 1 saturated heterocycles. The fraction of sp³-hybridized carbons (Fsp3) is 0.500. The molecular formula is C14H17NO2. The summed E-state index contributed by atoms with van der Waals surface area (Å²) >= 11 is 0. The standard InChI is InChI=1S/C14H17NO2/c1-15(2)12-4-3-9-7-13-11(5-10(9)6-12)8-14(16)17-13/h3-4,6,11,13H,5,7-8H2,1-2H3/t11-,13+/m0/s1. The fourth-order valence-corrected chi connectivity index (χ4v) is 2.85. The van der Waals surface area contributed by atoms with Gasteiger partial charge < -0.3 is 9.64 Å². The Kier molecular flexibility index (Phi) is 2.35. The van der Waals surface area contributed by atoms with Crippen molar-refractivity contribution in [3.05, 3.63) is 29.3 Å². The SMILES string of the molecule is CN(C)c1ccc2c(c1)C[C@H]1CC(=O)O[C@@H]1C2. The van der Waals surface area contributed by atoms with Crippen molar-refractivity contribution in [3.8, 4) is 0 Å². The maximum Gasteiger partial charge on any atom is 0.306 e. The van der Waals surface area contributed by atoms with Gasteiger partial charge in [-0.05, 0) is 29.7 Å². The summed E-state index contributed by atoms with van der Waals surface area (Å²) < 4.78 is 5.35. The highest BCUT2D eigenvalue weighted by molar-refractivity contribution is 5.72. The van der Waals surface area contributed by atoms with Crippen LogP contribution in [0.4, 0.5) is 5.69 Å². The second kappa shape index (κ2) is 3.76. The van der Waals surface area contributed by atoms with Gasteiger partial charge >= 0.3 is 5.97 Å². The molecule has 1 aromatic carbocycles. The Labute approximate surface area is 101 Å². The summed E-state index contributed by atoms with van der Waals surface area (Å²) in [6.45, 7) is 0. The number of benzene rings is 1. The largest absolute Gasteiger partial charge is 0.462 e. The van der Waals surface area contributed by atoms with Gasteiger partial charge in [-0.2, -0.15) is 0 Å².